The molecule has 212 valence electrons. The molecule has 0 spiro atoms. The summed E-state index contributed by atoms with van der Waals surface area (Å²) in [4.78, 5) is 28.1. The van der Waals surface area contributed by atoms with Gasteiger partial charge in [0.15, 0.2) is 0 Å². The number of nitrogens with zero attached hydrogens (tertiary/aromatic N) is 5. The molecule has 3 aromatic heterocycles. The molecule has 0 saturated carbocycles. The van der Waals surface area contributed by atoms with Crippen molar-refractivity contribution in [2.45, 2.75) is 26.3 Å². The first kappa shape index (κ1) is 26.6. The van der Waals surface area contributed by atoms with Crippen LogP contribution in [0.3, 0.4) is 0 Å². The molecule has 8 nitrogen and oxygen atoms in total. The summed E-state index contributed by atoms with van der Waals surface area (Å²) < 4.78 is 1.58. The van der Waals surface area contributed by atoms with Crippen LogP contribution in [-0.2, 0) is 6.54 Å². The van der Waals surface area contributed by atoms with E-state index < -0.39 is 0 Å². The Balaban J connectivity index is 1.14. The standard InChI is InChI=1S/C35H31N7O/c1-23-29(9-4-10-31(23)40-35(43)42-20-27-7-2-3-8-28(27)21-42)33-30-16-32(39-34(30)38-22-37-33)26-13-11-24(12-14-26)18-41-15-5-6-25(17-36)19-41/h2-4,7-14,16,20-22,25H,5-6,15,18-19H2,1H3,(H,40,43)(H,37,38,39). The van der Waals surface area contributed by atoms with Crippen LogP contribution < -0.4 is 5.32 Å². The van der Waals surface area contributed by atoms with Gasteiger partial charge in [0.05, 0.1) is 17.7 Å². The van der Waals surface area contributed by atoms with Crippen molar-refractivity contribution in [1.82, 2.24) is 24.4 Å². The second-order valence-corrected chi connectivity index (χ2v) is 11.3. The Morgan fingerprint density at radius 1 is 1.05 bits per heavy atom. The molecule has 2 N–H and O–H groups in total. The molecule has 0 radical (unpaired) electrons. The van der Waals surface area contributed by atoms with Crippen LogP contribution in [0.25, 0.3) is 44.3 Å². The quantitative estimate of drug-likeness (QED) is 0.227. The number of aromatic nitrogens is 4. The maximum Gasteiger partial charge on any atom is 0.330 e. The van der Waals surface area contributed by atoms with Gasteiger partial charge in [-0.15, -0.1) is 0 Å². The molecule has 8 heteroatoms. The fourth-order valence-corrected chi connectivity index (χ4v) is 6.07. The summed E-state index contributed by atoms with van der Waals surface area (Å²) in [5.74, 6) is 0.134. The van der Waals surface area contributed by atoms with E-state index in [1.54, 1.807) is 10.9 Å². The summed E-state index contributed by atoms with van der Waals surface area (Å²) in [5, 5.41) is 15.3. The molecule has 1 aliphatic rings. The van der Waals surface area contributed by atoms with Crippen LogP contribution in [0.1, 0.15) is 24.0 Å². The van der Waals surface area contributed by atoms with E-state index in [9.17, 15) is 10.1 Å². The third-order valence-electron chi connectivity index (χ3n) is 8.40. The molecule has 1 atom stereocenters. The summed E-state index contributed by atoms with van der Waals surface area (Å²) in [6.45, 7) is 4.73. The van der Waals surface area contributed by atoms with E-state index in [0.717, 1.165) is 88.0 Å². The number of amides is 1. The van der Waals surface area contributed by atoms with E-state index in [2.05, 4.69) is 61.6 Å². The highest BCUT2D eigenvalue weighted by Gasteiger charge is 2.20. The van der Waals surface area contributed by atoms with Crippen molar-refractivity contribution in [1.29, 1.82) is 5.26 Å². The van der Waals surface area contributed by atoms with Gasteiger partial charge in [0, 0.05) is 47.8 Å². The molecular weight excluding hydrogens is 534 g/mol. The van der Waals surface area contributed by atoms with Crippen LogP contribution in [0.5, 0.6) is 0 Å². The van der Waals surface area contributed by atoms with Crippen molar-refractivity contribution >= 4 is 33.5 Å². The lowest BCUT2D eigenvalue weighted by Crippen LogP contribution is -2.34. The van der Waals surface area contributed by atoms with E-state index in [1.807, 2.05) is 61.8 Å². The smallest absolute Gasteiger partial charge is 0.330 e. The summed E-state index contributed by atoms with van der Waals surface area (Å²) in [7, 11) is 0. The summed E-state index contributed by atoms with van der Waals surface area (Å²) in [6.07, 6.45) is 7.33. The van der Waals surface area contributed by atoms with Crippen molar-refractivity contribution < 1.29 is 4.79 Å². The zero-order valence-electron chi connectivity index (χ0n) is 23.9. The molecule has 1 saturated heterocycles. The Bertz CT molecular complexity index is 1960. The minimum atomic E-state index is -0.221. The molecule has 0 bridgehead atoms. The maximum atomic E-state index is 13.1. The van der Waals surface area contributed by atoms with Gasteiger partial charge in [0.25, 0.3) is 0 Å². The van der Waals surface area contributed by atoms with Crippen LogP contribution in [-0.4, -0.2) is 43.5 Å². The highest BCUT2D eigenvalue weighted by atomic mass is 16.2. The van der Waals surface area contributed by atoms with Gasteiger partial charge in [-0.3, -0.25) is 9.47 Å². The first-order valence-corrected chi connectivity index (χ1v) is 14.6. The zero-order chi connectivity index (χ0) is 29.3. The Hall–Kier alpha value is -5.26. The molecule has 6 aromatic rings. The number of fused-ring (bicyclic) bond motifs is 2. The lowest BCUT2D eigenvalue weighted by molar-refractivity contribution is 0.192. The Morgan fingerprint density at radius 3 is 2.60 bits per heavy atom. The predicted octanol–water partition coefficient (Wildman–Crippen LogP) is 7.37. The second-order valence-electron chi connectivity index (χ2n) is 11.3. The molecule has 3 aromatic carbocycles. The molecule has 43 heavy (non-hydrogen) atoms. The number of nitrogens with one attached hydrogen (secondary N) is 2. The number of carbonyl (C=O) groups excluding carboxylic acids is 1. The number of nitriles is 1. The molecular formula is C35H31N7O. The zero-order valence-corrected chi connectivity index (χ0v) is 23.9. The maximum absolute atomic E-state index is 13.1. The number of H-pyrrole nitrogens is 1. The molecule has 1 fully saturated rings. The van der Waals surface area contributed by atoms with E-state index >= 15 is 0 Å². The number of anilines is 1. The van der Waals surface area contributed by atoms with E-state index in [-0.39, 0.29) is 11.9 Å². The van der Waals surface area contributed by atoms with Crippen LogP contribution >= 0.6 is 0 Å². The minimum Gasteiger partial charge on any atom is -0.339 e. The van der Waals surface area contributed by atoms with Gasteiger partial charge in [-0.2, -0.15) is 5.26 Å². The van der Waals surface area contributed by atoms with Gasteiger partial charge < -0.3 is 10.3 Å². The average molecular weight is 566 g/mol. The molecule has 1 unspecified atom stereocenters. The largest absolute Gasteiger partial charge is 0.339 e. The SMILES string of the molecule is Cc1c(NC(=O)n2cc3ccccc3c2)cccc1-c1ncnc2[nH]c(-c3ccc(CN4CCCC(C#N)C4)cc3)cc12. The van der Waals surface area contributed by atoms with E-state index in [1.165, 1.54) is 5.56 Å². The van der Waals surface area contributed by atoms with E-state index in [4.69, 9.17) is 0 Å². The third-order valence-corrected chi connectivity index (χ3v) is 8.40. The topological polar surface area (TPSA) is 103 Å². The van der Waals surface area contributed by atoms with Crippen LogP contribution in [0.2, 0.25) is 0 Å². The fraction of sp³-hybridized carbons (Fsp3) is 0.200. The number of likely N-dealkylation sites (tertiary alicyclic amines) is 1. The Morgan fingerprint density at radius 2 is 1.84 bits per heavy atom. The number of hydrogen-bond donors (Lipinski definition) is 2. The van der Waals surface area contributed by atoms with Gasteiger partial charge >= 0.3 is 6.03 Å². The number of piperidine rings is 1. The highest BCUT2D eigenvalue weighted by molar-refractivity contribution is 5.99. The normalized spacial score (nSPS) is 15.5. The van der Waals surface area contributed by atoms with Crippen molar-refractivity contribution in [2.75, 3.05) is 18.4 Å². The fourth-order valence-electron chi connectivity index (χ4n) is 6.07. The molecule has 1 aliphatic heterocycles. The summed E-state index contributed by atoms with van der Waals surface area (Å²) >= 11 is 0. The highest BCUT2D eigenvalue weighted by Crippen LogP contribution is 2.34. The molecule has 7 rings (SSSR count). The van der Waals surface area contributed by atoms with Gasteiger partial charge in [0.1, 0.15) is 12.0 Å². The van der Waals surface area contributed by atoms with Crippen molar-refractivity contribution in [3.63, 3.8) is 0 Å². The average Bonchev–Trinajstić information content (AvgIpc) is 3.68. The lowest BCUT2D eigenvalue weighted by Gasteiger charge is -2.29. The summed E-state index contributed by atoms with van der Waals surface area (Å²) in [6, 6.07) is 26.7. The Labute approximate surface area is 249 Å². The molecule has 4 heterocycles. The molecule has 1 amide bonds. The number of carbonyl (C=O) groups is 1. The van der Waals surface area contributed by atoms with Gasteiger partial charge in [-0.05, 0) is 65.9 Å². The lowest BCUT2D eigenvalue weighted by atomic mass is 9.99. The van der Waals surface area contributed by atoms with Gasteiger partial charge in [-0.1, -0.05) is 60.7 Å². The predicted molar refractivity (Wildman–Crippen MR) is 169 cm³/mol. The number of aromatic amines is 1. The van der Waals surface area contributed by atoms with Crippen LogP contribution in [0.15, 0.2) is 91.5 Å². The van der Waals surface area contributed by atoms with Crippen molar-refractivity contribution in [3.8, 4) is 28.6 Å². The monoisotopic (exact) mass is 565 g/mol. The van der Waals surface area contributed by atoms with Gasteiger partial charge in [0.2, 0.25) is 0 Å². The first-order chi connectivity index (χ1) is 21.1. The van der Waals surface area contributed by atoms with Crippen molar-refractivity contribution in [2.24, 2.45) is 5.92 Å². The molecule has 0 aliphatic carbocycles. The number of hydrogen-bond acceptors (Lipinski definition) is 5. The van der Waals surface area contributed by atoms with E-state index in [0.29, 0.717) is 0 Å². The summed E-state index contributed by atoms with van der Waals surface area (Å²) in [5.41, 5.74) is 7.42. The Kier molecular flexibility index (Phi) is 6.93. The number of rotatable bonds is 5. The first-order valence-electron chi connectivity index (χ1n) is 14.6. The number of benzene rings is 3. The van der Waals surface area contributed by atoms with Crippen LogP contribution in [0, 0.1) is 24.2 Å². The third kappa shape index (κ3) is 5.27. The minimum absolute atomic E-state index is 0.134. The van der Waals surface area contributed by atoms with Gasteiger partial charge in [-0.25, -0.2) is 14.8 Å². The van der Waals surface area contributed by atoms with Crippen LogP contribution in [0.4, 0.5) is 10.5 Å². The second kappa shape index (κ2) is 11.2. The van der Waals surface area contributed by atoms with Crippen molar-refractivity contribution in [3.05, 3.63) is 103 Å².